The van der Waals surface area contributed by atoms with E-state index in [1.54, 1.807) is 13.2 Å². The standard InChI is InChI=1S/C12H21N3O5S3/c1-3-13-10-8-15(5-4-6-20-2)23(18,19)12-9(10)7-11(21-12)14-22(16)17/h7,10,13,22H,3-6,8H2,1-2H3,(H,14,16,17)/t10-/m0/s1. The van der Waals surface area contributed by atoms with Crippen molar-refractivity contribution >= 4 is 37.3 Å². The Hall–Kier alpha value is -0.720. The van der Waals surface area contributed by atoms with Crippen molar-refractivity contribution in [1.82, 2.24) is 9.62 Å². The molecule has 0 radical (unpaired) electrons. The average Bonchev–Trinajstić information content (AvgIpc) is 2.88. The van der Waals surface area contributed by atoms with Crippen LogP contribution in [0.25, 0.3) is 0 Å². The van der Waals surface area contributed by atoms with Crippen LogP contribution in [-0.2, 0) is 25.7 Å². The van der Waals surface area contributed by atoms with Gasteiger partial charge in [-0.25, -0.2) is 16.8 Å². The zero-order valence-corrected chi connectivity index (χ0v) is 15.5. The Balaban J connectivity index is 2.36. The van der Waals surface area contributed by atoms with E-state index in [9.17, 15) is 16.8 Å². The molecular weight excluding hydrogens is 362 g/mol. The Labute approximate surface area is 142 Å². The van der Waals surface area contributed by atoms with Crippen molar-refractivity contribution in [2.45, 2.75) is 23.6 Å². The van der Waals surface area contributed by atoms with Crippen molar-refractivity contribution < 1.29 is 21.6 Å². The number of methoxy groups -OCH3 is 1. The highest BCUT2D eigenvalue weighted by Crippen LogP contribution is 2.40. The van der Waals surface area contributed by atoms with Crippen molar-refractivity contribution in [3.8, 4) is 0 Å². The zero-order valence-electron chi connectivity index (χ0n) is 12.9. The molecule has 1 aliphatic rings. The summed E-state index contributed by atoms with van der Waals surface area (Å²) in [5.41, 5.74) is 0.624. The number of sulfonamides is 1. The lowest BCUT2D eigenvalue weighted by molar-refractivity contribution is 0.185. The fourth-order valence-electron chi connectivity index (χ4n) is 2.51. The molecule has 0 spiro atoms. The lowest BCUT2D eigenvalue weighted by Gasteiger charge is -2.32. The highest BCUT2D eigenvalue weighted by Gasteiger charge is 2.38. The van der Waals surface area contributed by atoms with Crippen LogP contribution in [0.4, 0.5) is 5.00 Å². The normalized spacial score (nSPS) is 20.6. The minimum absolute atomic E-state index is 0.155. The molecule has 0 aliphatic carbocycles. The van der Waals surface area contributed by atoms with E-state index in [0.717, 1.165) is 11.3 Å². The quantitative estimate of drug-likeness (QED) is 0.443. The summed E-state index contributed by atoms with van der Waals surface area (Å²) < 4.78 is 56.0. The number of rotatable bonds is 8. The van der Waals surface area contributed by atoms with E-state index in [-0.39, 0.29) is 10.3 Å². The number of fused-ring (bicyclic) bond motifs is 1. The molecule has 23 heavy (non-hydrogen) atoms. The van der Waals surface area contributed by atoms with Gasteiger partial charge in [-0.3, -0.25) is 4.72 Å². The van der Waals surface area contributed by atoms with E-state index in [2.05, 4.69) is 10.0 Å². The first-order valence-corrected chi connectivity index (χ1v) is 10.6. The second-order valence-corrected chi connectivity index (χ2v) is 8.97. The third-order valence-corrected chi connectivity index (χ3v) is 7.50. The van der Waals surface area contributed by atoms with Gasteiger partial charge in [-0.05, 0) is 19.0 Å². The number of hydrogen-bond acceptors (Lipinski definition) is 7. The van der Waals surface area contributed by atoms with Gasteiger partial charge >= 0.3 is 0 Å². The Morgan fingerprint density at radius 1 is 1.48 bits per heavy atom. The monoisotopic (exact) mass is 383 g/mol. The Morgan fingerprint density at radius 2 is 2.22 bits per heavy atom. The molecule has 11 heteroatoms. The van der Waals surface area contributed by atoms with Crippen molar-refractivity contribution in [1.29, 1.82) is 0 Å². The Morgan fingerprint density at radius 3 is 2.83 bits per heavy atom. The maximum absolute atomic E-state index is 12.7. The maximum atomic E-state index is 12.7. The number of ether oxygens (including phenoxy) is 1. The number of thiophene rings is 1. The Bertz CT molecular complexity index is 706. The highest BCUT2D eigenvalue weighted by molar-refractivity contribution is 7.91. The fraction of sp³-hybridized carbons (Fsp3) is 0.667. The van der Waals surface area contributed by atoms with Crippen LogP contribution >= 0.6 is 11.3 Å². The van der Waals surface area contributed by atoms with Crippen molar-refractivity contribution in [3.63, 3.8) is 0 Å². The molecule has 0 saturated carbocycles. The average molecular weight is 384 g/mol. The van der Waals surface area contributed by atoms with Gasteiger partial charge in [0.15, 0.2) is 0 Å². The number of anilines is 1. The van der Waals surface area contributed by atoms with Crippen LogP contribution in [0.2, 0.25) is 0 Å². The van der Waals surface area contributed by atoms with E-state index < -0.39 is 20.9 Å². The summed E-state index contributed by atoms with van der Waals surface area (Å²) in [5, 5.41) is 3.57. The highest BCUT2D eigenvalue weighted by atomic mass is 32.2. The maximum Gasteiger partial charge on any atom is 0.253 e. The summed E-state index contributed by atoms with van der Waals surface area (Å²) in [6, 6.07) is 1.44. The summed E-state index contributed by atoms with van der Waals surface area (Å²) in [4.78, 5) is 0. The van der Waals surface area contributed by atoms with E-state index in [0.29, 0.717) is 43.2 Å². The third kappa shape index (κ3) is 4.22. The minimum atomic E-state index is -3.61. The van der Waals surface area contributed by atoms with Gasteiger partial charge < -0.3 is 10.1 Å². The molecule has 0 saturated heterocycles. The van der Waals surface area contributed by atoms with Crippen molar-refractivity contribution in [2.24, 2.45) is 0 Å². The molecule has 2 heterocycles. The predicted molar refractivity (Wildman–Crippen MR) is 89.9 cm³/mol. The van der Waals surface area contributed by atoms with Crippen LogP contribution in [0.5, 0.6) is 0 Å². The molecule has 8 nitrogen and oxygen atoms in total. The summed E-state index contributed by atoms with van der Waals surface area (Å²) in [7, 11) is -4.86. The van der Waals surface area contributed by atoms with E-state index in [1.807, 2.05) is 6.92 Å². The molecule has 0 aromatic carbocycles. The molecule has 1 aromatic rings. The minimum Gasteiger partial charge on any atom is -0.385 e. The van der Waals surface area contributed by atoms with E-state index in [4.69, 9.17) is 4.74 Å². The number of hydrogen-bond donors (Lipinski definition) is 3. The van der Waals surface area contributed by atoms with Gasteiger partial charge in [0.1, 0.15) is 9.21 Å². The number of likely N-dealkylation sites (N-methyl/N-ethyl adjacent to an activating group) is 1. The molecule has 132 valence electrons. The first-order chi connectivity index (χ1) is 10.9. The van der Waals surface area contributed by atoms with E-state index >= 15 is 0 Å². The molecule has 0 amide bonds. The molecule has 0 unspecified atom stereocenters. The number of nitrogens with one attached hydrogen (secondary N) is 2. The lowest BCUT2D eigenvalue weighted by atomic mass is 10.1. The van der Waals surface area contributed by atoms with Crippen LogP contribution < -0.4 is 10.0 Å². The molecule has 2 N–H and O–H groups in total. The predicted octanol–water partition coefficient (Wildman–Crippen LogP) is 0.378. The van der Waals surface area contributed by atoms with Crippen LogP contribution in [0.3, 0.4) is 0 Å². The third-order valence-electron chi connectivity index (χ3n) is 3.47. The van der Waals surface area contributed by atoms with Gasteiger partial charge in [-0.1, -0.05) is 6.92 Å². The van der Waals surface area contributed by atoms with Gasteiger partial charge in [-0.2, -0.15) is 4.31 Å². The van der Waals surface area contributed by atoms with Gasteiger partial charge in [0.05, 0.1) is 0 Å². The molecule has 2 rings (SSSR count). The second-order valence-electron chi connectivity index (χ2n) is 5.04. The molecule has 0 bridgehead atoms. The second kappa shape index (κ2) is 7.90. The summed E-state index contributed by atoms with van der Waals surface area (Å²) in [6.45, 7) is 3.81. The van der Waals surface area contributed by atoms with Crippen LogP contribution in [-0.4, -0.2) is 54.5 Å². The lowest BCUT2D eigenvalue weighted by Crippen LogP contribution is -2.43. The molecule has 1 aromatic heterocycles. The largest absolute Gasteiger partial charge is 0.385 e. The van der Waals surface area contributed by atoms with Gasteiger partial charge in [0, 0.05) is 38.4 Å². The first-order valence-electron chi connectivity index (χ1n) is 7.17. The summed E-state index contributed by atoms with van der Waals surface area (Å²) >= 11 is 0.947. The Kier molecular flexibility index (Phi) is 6.40. The number of thiol groups is 1. The smallest absolute Gasteiger partial charge is 0.253 e. The van der Waals surface area contributed by atoms with Crippen LogP contribution in [0.1, 0.15) is 24.9 Å². The van der Waals surface area contributed by atoms with E-state index in [1.165, 1.54) is 4.31 Å². The van der Waals surface area contributed by atoms with Gasteiger partial charge in [0.2, 0.25) is 10.9 Å². The molecule has 1 aliphatic heterocycles. The molecular formula is C12H21N3O5S3. The fourth-order valence-corrected chi connectivity index (χ4v) is 6.32. The zero-order chi connectivity index (χ0) is 17.0. The molecule has 0 fully saturated rings. The topological polar surface area (TPSA) is 105 Å². The molecule has 1 atom stereocenters. The van der Waals surface area contributed by atoms with Crippen molar-refractivity contribution in [2.75, 3.05) is 38.1 Å². The van der Waals surface area contributed by atoms with Gasteiger partial charge in [-0.15, -0.1) is 11.3 Å². The van der Waals surface area contributed by atoms with Gasteiger partial charge in [0.25, 0.3) is 10.0 Å². The number of nitrogens with zero attached hydrogens (tertiary/aromatic N) is 1. The summed E-state index contributed by atoms with van der Waals surface area (Å²) in [6.07, 6.45) is 0.604. The van der Waals surface area contributed by atoms with Crippen LogP contribution in [0.15, 0.2) is 10.3 Å². The van der Waals surface area contributed by atoms with Crippen LogP contribution in [0, 0.1) is 0 Å². The SMILES string of the molecule is CCN[C@H]1CN(CCCOC)S(=O)(=O)c2sc(N[SH](=O)=O)cc21. The van der Waals surface area contributed by atoms with Crippen molar-refractivity contribution in [3.05, 3.63) is 11.6 Å². The first kappa shape index (κ1) is 18.6. The summed E-state index contributed by atoms with van der Waals surface area (Å²) in [5.74, 6) is 0.